The fraction of sp³-hybridized carbons (Fsp3) is 0.381. The molecule has 0 fully saturated rings. The molecule has 1 aromatic carbocycles. The molecule has 0 aliphatic carbocycles. The number of para-hydroxylation sites is 1. The normalized spacial score (nSPS) is 18.8. The lowest BCUT2D eigenvalue weighted by atomic mass is 9.98. The molecule has 0 saturated carbocycles. The number of pyridine rings is 1. The number of hydrogen-bond donors (Lipinski definition) is 0. The minimum atomic E-state index is 0.501. The monoisotopic (exact) mass is 336 g/mol. The third-order valence-electron chi connectivity index (χ3n) is 5.08. The number of fused-ring (bicyclic) bond motifs is 3. The lowest BCUT2D eigenvalue weighted by Gasteiger charge is -2.29. The van der Waals surface area contributed by atoms with Crippen LogP contribution in [-0.4, -0.2) is 18.1 Å². The number of nitrogens with zero attached hydrogens (tertiary/aromatic N) is 2. The Hall–Kier alpha value is -1.87. The molecule has 0 amide bonds. The average molecular weight is 337 g/mol. The molecule has 0 spiro atoms. The zero-order valence-corrected chi connectivity index (χ0v) is 15.3. The molecule has 1 aliphatic rings. The number of anilines is 1. The van der Waals surface area contributed by atoms with Crippen molar-refractivity contribution in [3.63, 3.8) is 0 Å². The van der Waals surface area contributed by atoms with Gasteiger partial charge in [-0.1, -0.05) is 25.1 Å². The van der Waals surface area contributed by atoms with Crippen LogP contribution in [-0.2, 0) is 6.42 Å². The van der Waals surface area contributed by atoms with Crippen LogP contribution < -0.4 is 4.90 Å². The standard InChI is InChI=1S/C21H24N2S/c1-15-8-3-4-9-17(15)23-13-6-5-10-18-20(16(2)14-23)21-19(24-18)11-7-12-22-21/h3-4,7-9,11-12,16H,5-6,10,13-14H2,1-2H3/t16-/m0/s1. The molecule has 3 heterocycles. The zero-order chi connectivity index (χ0) is 16.5. The highest BCUT2D eigenvalue weighted by Crippen LogP contribution is 2.37. The van der Waals surface area contributed by atoms with Gasteiger partial charge in [-0.05, 0) is 55.5 Å². The highest BCUT2D eigenvalue weighted by molar-refractivity contribution is 7.19. The van der Waals surface area contributed by atoms with E-state index >= 15 is 0 Å². The van der Waals surface area contributed by atoms with Crippen LogP contribution >= 0.6 is 11.3 Å². The Labute approximate surface area is 148 Å². The first kappa shape index (κ1) is 15.6. The second-order valence-corrected chi connectivity index (χ2v) is 8.02. The van der Waals surface area contributed by atoms with Crippen LogP contribution in [0.4, 0.5) is 5.69 Å². The summed E-state index contributed by atoms with van der Waals surface area (Å²) >= 11 is 1.95. The summed E-state index contributed by atoms with van der Waals surface area (Å²) in [7, 11) is 0. The van der Waals surface area contributed by atoms with Crippen LogP contribution in [0, 0.1) is 6.92 Å². The van der Waals surface area contributed by atoms with Crippen molar-refractivity contribution in [2.24, 2.45) is 0 Å². The van der Waals surface area contributed by atoms with Crippen molar-refractivity contribution < 1.29 is 0 Å². The van der Waals surface area contributed by atoms with Crippen molar-refractivity contribution in [3.8, 4) is 0 Å². The molecule has 2 aromatic heterocycles. The number of rotatable bonds is 1. The van der Waals surface area contributed by atoms with Gasteiger partial charge in [0.05, 0.1) is 10.2 Å². The Morgan fingerprint density at radius 3 is 2.88 bits per heavy atom. The Kier molecular flexibility index (Phi) is 4.28. The van der Waals surface area contributed by atoms with E-state index in [1.54, 1.807) is 4.88 Å². The maximum atomic E-state index is 4.72. The average Bonchev–Trinajstić information content (AvgIpc) is 2.98. The van der Waals surface area contributed by atoms with E-state index in [4.69, 9.17) is 4.98 Å². The van der Waals surface area contributed by atoms with E-state index in [1.807, 2.05) is 17.5 Å². The third-order valence-corrected chi connectivity index (χ3v) is 6.30. The highest BCUT2D eigenvalue weighted by atomic mass is 32.1. The Bertz CT molecular complexity index is 852. The first-order chi connectivity index (χ1) is 11.7. The van der Waals surface area contributed by atoms with Crippen molar-refractivity contribution in [1.82, 2.24) is 4.98 Å². The smallest absolute Gasteiger partial charge is 0.0847 e. The SMILES string of the molecule is Cc1ccccc1N1CCCCc2sc3cccnc3c2[C@@H](C)C1. The van der Waals surface area contributed by atoms with Gasteiger partial charge in [0.25, 0.3) is 0 Å². The van der Waals surface area contributed by atoms with Crippen LogP contribution in [0.15, 0.2) is 42.6 Å². The van der Waals surface area contributed by atoms with Crippen LogP contribution in [0.25, 0.3) is 10.2 Å². The van der Waals surface area contributed by atoms with Crippen molar-refractivity contribution in [2.45, 2.75) is 39.0 Å². The maximum Gasteiger partial charge on any atom is 0.0847 e. The van der Waals surface area contributed by atoms with E-state index in [0.717, 1.165) is 13.1 Å². The molecule has 124 valence electrons. The Morgan fingerprint density at radius 2 is 2.00 bits per heavy atom. The minimum absolute atomic E-state index is 0.501. The molecule has 24 heavy (non-hydrogen) atoms. The van der Waals surface area contributed by atoms with E-state index in [0.29, 0.717) is 5.92 Å². The van der Waals surface area contributed by atoms with Crippen molar-refractivity contribution in [1.29, 1.82) is 0 Å². The molecule has 3 aromatic rings. The summed E-state index contributed by atoms with van der Waals surface area (Å²) in [6.07, 6.45) is 5.65. The number of aromatic nitrogens is 1. The van der Waals surface area contributed by atoms with Crippen LogP contribution in [0.1, 0.15) is 41.7 Å². The molecule has 0 radical (unpaired) electrons. The summed E-state index contributed by atoms with van der Waals surface area (Å²) < 4.78 is 1.34. The largest absolute Gasteiger partial charge is 0.371 e. The number of thiophene rings is 1. The third kappa shape index (κ3) is 2.82. The van der Waals surface area contributed by atoms with Gasteiger partial charge in [0.15, 0.2) is 0 Å². The molecule has 0 saturated heterocycles. The van der Waals surface area contributed by atoms with Crippen molar-refractivity contribution >= 4 is 27.2 Å². The summed E-state index contributed by atoms with van der Waals surface area (Å²) in [6, 6.07) is 13.1. The fourth-order valence-electron chi connectivity index (χ4n) is 3.93. The van der Waals surface area contributed by atoms with Gasteiger partial charge in [-0.15, -0.1) is 11.3 Å². The minimum Gasteiger partial charge on any atom is -0.371 e. The molecule has 0 bridgehead atoms. The Morgan fingerprint density at radius 1 is 1.12 bits per heavy atom. The first-order valence-corrected chi connectivity index (χ1v) is 9.72. The maximum absolute atomic E-state index is 4.72. The van der Waals surface area contributed by atoms with E-state index in [1.165, 1.54) is 46.3 Å². The molecule has 2 nitrogen and oxygen atoms in total. The summed E-state index contributed by atoms with van der Waals surface area (Å²) in [6.45, 7) is 6.81. The molecular formula is C21H24N2S. The molecule has 0 N–H and O–H groups in total. The second-order valence-electron chi connectivity index (χ2n) is 6.88. The van der Waals surface area contributed by atoms with E-state index in [2.05, 4.69) is 55.1 Å². The van der Waals surface area contributed by atoms with Crippen LogP contribution in [0.3, 0.4) is 0 Å². The molecule has 0 unspecified atom stereocenters. The Balaban J connectivity index is 1.75. The van der Waals surface area contributed by atoms with Crippen molar-refractivity contribution in [2.75, 3.05) is 18.0 Å². The molecule has 4 rings (SSSR count). The van der Waals surface area contributed by atoms with Crippen molar-refractivity contribution in [3.05, 3.63) is 58.6 Å². The molecule has 1 aliphatic heterocycles. The topological polar surface area (TPSA) is 16.1 Å². The van der Waals surface area contributed by atoms with Gasteiger partial charge in [-0.25, -0.2) is 0 Å². The van der Waals surface area contributed by atoms with Gasteiger partial charge in [0.2, 0.25) is 0 Å². The summed E-state index contributed by atoms with van der Waals surface area (Å²) in [5.41, 5.74) is 5.49. The van der Waals surface area contributed by atoms with E-state index in [9.17, 15) is 0 Å². The molecule has 3 heteroatoms. The zero-order valence-electron chi connectivity index (χ0n) is 14.5. The van der Waals surface area contributed by atoms with Crippen LogP contribution in [0.2, 0.25) is 0 Å². The quantitative estimate of drug-likeness (QED) is 0.579. The predicted molar refractivity (Wildman–Crippen MR) is 104 cm³/mol. The van der Waals surface area contributed by atoms with E-state index in [-0.39, 0.29) is 0 Å². The summed E-state index contributed by atoms with van der Waals surface area (Å²) in [5, 5.41) is 0. The number of hydrogen-bond acceptors (Lipinski definition) is 3. The number of aryl methyl sites for hydroxylation is 2. The van der Waals surface area contributed by atoms with Gasteiger partial charge in [-0.2, -0.15) is 0 Å². The number of benzene rings is 1. The first-order valence-electron chi connectivity index (χ1n) is 8.91. The van der Waals surface area contributed by atoms with Gasteiger partial charge in [0, 0.05) is 35.8 Å². The lowest BCUT2D eigenvalue weighted by Crippen LogP contribution is -2.29. The molecule has 1 atom stereocenters. The highest BCUT2D eigenvalue weighted by Gasteiger charge is 2.23. The van der Waals surface area contributed by atoms with Gasteiger partial charge in [-0.3, -0.25) is 4.98 Å². The fourth-order valence-corrected chi connectivity index (χ4v) is 5.25. The predicted octanol–water partition coefficient (Wildman–Crippen LogP) is 5.55. The van der Waals surface area contributed by atoms with Gasteiger partial charge >= 0.3 is 0 Å². The van der Waals surface area contributed by atoms with Crippen LogP contribution in [0.5, 0.6) is 0 Å². The van der Waals surface area contributed by atoms with Gasteiger partial charge < -0.3 is 4.90 Å². The molecular weight excluding hydrogens is 312 g/mol. The van der Waals surface area contributed by atoms with E-state index < -0.39 is 0 Å². The second kappa shape index (κ2) is 6.56. The summed E-state index contributed by atoms with van der Waals surface area (Å²) in [5.74, 6) is 0.501. The van der Waals surface area contributed by atoms with Gasteiger partial charge in [0.1, 0.15) is 0 Å². The summed E-state index contributed by atoms with van der Waals surface area (Å²) in [4.78, 5) is 8.86. The lowest BCUT2D eigenvalue weighted by molar-refractivity contribution is 0.665.